The van der Waals surface area contributed by atoms with Gasteiger partial charge in [-0.25, -0.2) is 4.09 Å². The number of nitrogens with two attached hydrogens (primary N) is 1. The van der Waals surface area contributed by atoms with Gasteiger partial charge in [-0.1, -0.05) is 23.7 Å². The number of hydrogen-bond acceptors (Lipinski definition) is 4. The van der Waals surface area contributed by atoms with Crippen LogP contribution in [-0.2, 0) is 17.8 Å². The summed E-state index contributed by atoms with van der Waals surface area (Å²) in [5.41, 5.74) is 9.19. The van der Waals surface area contributed by atoms with Gasteiger partial charge in [-0.3, -0.25) is 9.89 Å². The third kappa shape index (κ3) is 2.96. The van der Waals surface area contributed by atoms with Crippen LogP contribution in [0.25, 0.3) is 11.2 Å². The first kappa shape index (κ1) is 17.7. The van der Waals surface area contributed by atoms with Crippen LogP contribution < -0.4 is 11.3 Å². The molecule has 3 aromatic rings. The maximum Gasteiger partial charge on any atom is 0.301 e. The summed E-state index contributed by atoms with van der Waals surface area (Å²) < 4.78 is 9.43. The first-order valence-electron chi connectivity index (χ1n) is 8.57. The van der Waals surface area contributed by atoms with E-state index in [1.165, 1.54) is 0 Å². The minimum Gasteiger partial charge on any atom is -0.380 e. The zero-order valence-electron chi connectivity index (χ0n) is 14.5. The Morgan fingerprint density at radius 2 is 2.15 bits per heavy atom. The highest BCUT2D eigenvalue weighted by atomic mass is 35.5. The number of nitrogens with one attached hydrogen (secondary N) is 1. The highest BCUT2D eigenvalue weighted by Crippen LogP contribution is 2.33. The molecule has 1 saturated heterocycles. The number of fused-ring (bicyclic) bond motifs is 1. The summed E-state index contributed by atoms with van der Waals surface area (Å²) in [4.78, 5) is 16.8. The first-order valence-corrected chi connectivity index (χ1v) is 10.6. The van der Waals surface area contributed by atoms with Gasteiger partial charge in [0.05, 0.1) is 26.3 Å². The lowest BCUT2D eigenvalue weighted by molar-refractivity contribution is 0.159. The zero-order chi connectivity index (χ0) is 18.3. The molecule has 2 aromatic heterocycles. The van der Waals surface area contributed by atoms with E-state index in [2.05, 4.69) is 10.1 Å². The van der Waals surface area contributed by atoms with Crippen molar-refractivity contribution in [2.45, 2.75) is 20.0 Å². The standard InChI is InChI=1S/C17H22ClN5O2S/c1-11-12(3-2-4-13(11)18)10-22-14(9-19)20-17(24)15-16(22)21-23(15)26-7-5-25-6-8-26/h2-4,21,26H,5-10,19H2,1H3. The molecule has 0 atom stereocenters. The predicted octanol–water partition coefficient (Wildman–Crippen LogP) is 1.79. The highest BCUT2D eigenvalue weighted by molar-refractivity contribution is 8.15. The van der Waals surface area contributed by atoms with Crippen molar-refractivity contribution in [3.63, 3.8) is 0 Å². The van der Waals surface area contributed by atoms with E-state index in [4.69, 9.17) is 22.1 Å². The molecule has 1 aliphatic heterocycles. The van der Waals surface area contributed by atoms with E-state index < -0.39 is 11.1 Å². The first-order chi connectivity index (χ1) is 12.6. The summed E-state index contributed by atoms with van der Waals surface area (Å²) in [5, 5.41) is 4.10. The number of rotatable bonds is 4. The molecule has 0 amide bonds. The maximum atomic E-state index is 12.5. The topological polar surface area (TPSA) is 90.9 Å². The van der Waals surface area contributed by atoms with E-state index in [0.717, 1.165) is 46.5 Å². The van der Waals surface area contributed by atoms with Crippen LogP contribution in [-0.4, -0.2) is 43.5 Å². The molecule has 9 heteroatoms. The number of halogens is 1. The van der Waals surface area contributed by atoms with Gasteiger partial charge in [0.25, 0.3) is 0 Å². The Hall–Kier alpha value is -1.74. The molecule has 0 bridgehead atoms. The van der Waals surface area contributed by atoms with Crippen molar-refractivity contribution in [1.82, 2.24) is 18.7 Å². The van der Waals surface area contributed by atoms with Crippen LogP contribution in [0.15, 0.2) is 23.0 Å². The van der Waals surface area contributed by atoms with Crippen LogP contribution >= 0.6 is 22.7 Å². The van der Waals surface area contributed by atoms with Crippen molar-refractivity contribution < 1.29 is 4.74 Å². The molecule has 1 fully saturated rings. The number of ether oxygens (including phenoxy) is 1. The maximum absolute atomic E-state index is 12.5. The molecule has 0 radical (unpaired) electrons. The number of thiol groups is 1. The second-order valence-corrected chi connectivity index (χ2v) is 9.05. The summed E-state index contributed by atoms with van der Waals surface area (Å²) in [6.45, 7) is 4.24. The SMILES string of the molecule is Cc1c(Cl)cccc1Cn1c(CN)nc(=O)c2c1[nH]n2[SH]1CCOCC1. The van der Waals surface area contributed by atoms with Gasteiger partial charge in [-0.2, -0.15) is 16.1 Å². The number of aromatic amines is 1. The lowest BCUT2D eigenvalue weighted by atomic mass is 10.1. The Morgan fingerprint density at radius 1 is 1.38 bits per heavy atom. The summed E-state index contributed by atoms with van der Waals surface area (Å²) in [5.74, 6) is 2.47. The molecule has 140 valence electrons. The van der Waals surface area contributed by atoms with Gasteiger partial charge >= 0.3 is 5.56 Å². The third-order valence-corrected chi connectivity index (χ3v) is 7.50. The van der Waals surface area contributed by atoms with Crippen LogP contribution in [0.1, 0.15) is 17.0 Å². The van der Waals surface area contributed by atoms with Crippen molar-refractivity contribution in [2.24, 2.45) is 5.73 Å². The Bertz CT molecular complexity index is 1000. The minimum absolute atomic E-state index is 0.201. The molecule has 3 heterocycles. The molecular weight excluding hydrogens is 374 g/mol. The average Bonchev–Trinajstić information content (AvgIpc) is 2.62. The van der Waals surface area contributed by atoms with E-state index in [0.29, 0.717) is 17.9 Å². The highest BCUT2D eigenvalue weighted by Gasteiger charge is 2.23. The van der Waals surface area contributed by atoms with Crippen molar-refractivity contribution in [3.05, 3.63) is 50.5 Å². The molecule has 26 heavy (non-hydrogen) atoms. The van der Waals surface area contributed by atoms with Crippen LogP contribution in [0.4, 0.5) is 0 Å². The van der Waals surface area contributed by atoms with Gasteiger partial charge in [-0.15, -0.1) is 0 Å². The molecule has 1 aromatic carbocycles. The van der Waals surface area contributed by atoms with Gasteiger partial charge in [0, 0.05) is 16.5 Å². The third-order valence-electron chi connectivity index (χ3n) is 4.82. The smallest absolute Gasteiger partial charge is 0.301 e. The molecule has 0 unspecified atom stereocenters. The number of hydrogen-bond donors (Lipinski definition) is 3. The number of benzene rings is 1. The zero-order valence-corrected chi connectivity index (χ0v) is 16.2. The van der Waals surface area contributed by atoms with Crippen LogP contribution in [0.3, 0.4) is 0 Å². The second kappa shape index (κ2) is 7.11. The normalized spacial score (nSPS) is 16.5. The van der Waals surface area contributed by atoms with Gasteiger partial charge < -0.3 is 15.0 Å². The molecular formula is C17H22ClN5O2S. The molecule has 0 spiro atoms. The van der Waals surface area contributed by atoms with Crippen LogP contribution in [0.2, 0.25) is 5.02 Å². The molecule has 0 saturated carbocycles. The molecule has 3 N–H and O–H groups in total. The van der Waals surface area contributed by atoms with E-state index in [1.807, 2.05) is 33.8 Å². The number of H-pyrrole nitrogens is 1. The molecule has 1 aliphatic rings. The Labute approximate surface area is 158 Å². The van der Waals surface area contributed by atoms with E-state index in [-0.39, 0.29) is 12.1 Å². The van der Waals surface area contributed by atoms with Crippen molar-refractivity contribution in [1.29, 1.82) is 0 Å². The van der Waals surface area contributed by atoms with E-state index >= 15 is 0 Å². The minimum atomic E-state index is -0.454. The van der Waals surface area contributed by atoms with Gasteiger partial charge in [0.15, 0.2) is 11.2 Å². The Morgan fingerprint density at radius 3 is 2.88 bits per heavy atom. The predicted molar refractivity (Wildman–Crippen MR) is 106 cm³/mol. The number of nitrogens with zero attached hydrogens (tertiary/aromatic N) is 3. The van der Waals surface area contributed by atoms with Gasteiger partial charge in [0.1, 0.15) is 5.82 Å². The molecule has 4 rings (SSSR count). The Kier molecular flexibility index (Phi) is 4.83. The van der Waals surface area contributed by atoms with Crippen LogP contribution in [0, 0.1) is 6.92 Å². The summed E-state index contributed by atoms with van der Waals surface area (Å²) in [6, 6.07) is 5.84. The fourth-order valence-electron chi connectivity index (χ4n) is 3.28. The fourth-order valence-corrected chi connectivity index (χ4v) is 5.48. The van der Waals surface area contributed by atoms with Crippen LogP contribution in [0.5, 0.6) is 0 Å². The molecule has 7 nitrogen and oxygen atoms in total. The lowest BCUT2D eigenvalue weighted by Gasteiger charge is -2.32. The Balaban J connectivity index is 1.79. The van der Waals surface area contributed by atoms with Crippen molar-refractivity contribution >= 4 is 33.8 Å². The van der Waals surface area contributed by atoms with Gasteiger partial charge in [0.2, 0.25) is 0 Å². The largest absolute Gasteiger partial charge is 0.380 e. The molecule has 0 aliphatic carbocycles. The average molecular weight is 396 g/mol. The fraction of sp³-hybridized carbons (Fsp3) is 0.412. The summed E-state index contributed by atoms with van der Waals surface area (Å²) in [7, 11) is 0. The van der Waals surface area contributed by atoms with Crippen molar-refractivity contribution in [2.75, 3.05) is 24.7 Å². The van der Waals surface area contributed by atoms with E-state index in [1.54, 1.807) is 0 Å². The quantitative estimate of drug-likeness (QED) is 0.587. The summed E-state index contributed by atoms with van der Waals surface area (Å²) in [6.07, 6.45) is 0. The van der Waals surface area contributed by atoms with Gasteiger partial charge in [-0.05, 0) is 24.1 Å². The lowest BCUT2D eigenvalue weighted by Crippen LogP contribution is -2.31. The number of aromatic nitrogens is 4. The second-order valence-electron chi connectivity index (χ2n) is 6.33. The summed E-state index contributed by atoms with van der Waals surface area (Å²) >= 11 is 5.80. The van der Waals surface area contributed by atoms with Crippen molar-refractivity contribution in [3.8, 4) is 0 Å². The van der Waals surface area contributed by atoms with E-state index in [9.17, 15) is 4.79 Å². The monoisotopic (exact) mass is 395 g/mol.